The number of carbonyl (C=O) groups is 1. The van der Waals surface area contributed by atoms with E-state index >= 15 is 0 Å². The molecule has 2 N–H and O–H groups in total. The first kappa shape index (κ1) is 11.9. The first-order valence-corrected chi connectivity index (χ1v) is 6.26. The van der Waals surface area contributed by atoms with E-state index in [1.54, 1.807) is 0 Å². The lowest BCUT2D eigenvalue weighted by Crippen LogP contribution is -2.44. The summed E-state index contributed by atoms with van der Waals surface area (Å²) in [6, 6.07) is 0.303. The van der Waals surface area contributed by atoms with Crippen LogP contribution < -0.4 is 10.6 Å². The van der Waals surface area contributed by atoms with Gasteiger partial charge in [0.05, 0.1) is 11.5 Å². The summed E-state index contributed by atoms with van der Waals surface area (Å²) in [6.45, 7) is 6.58. The number of ether oxygens (including phenoxy) is 1. The minimum atomic E-state index is -0.134. The highest BCUT2D eigenvalue weighted by molar-refractivity contribution is 5.79. The molecule has 16 heavy (non-hydrogen) atoms. The molecule has 4 nitrogen and oxygen atoms in total. The van der Waals surface area contributed by atoms with Gasteiger partial charge in [0.15, 0.2) is 0 Å². The SMILES string of the molecule is CC1NCCC1C(=O)NCC1(C)CCCO1. The molecule has 0 aliphatic carbocycles. The monoisotopic (exact) mass is 226 g/mol. The maximum Gasteiger partial charge on any atom is 0.224 e. The third kappa shape index (κ3) is 2.55. The molecule has 2 saturated heterocycles. The van der Waals surface area contributed by atoms with Crippen molar-refractivity contribution >= 4 is 5.91 Å². The van der Waals surface area contributed by atoms with Gasteiger partial charge in [-0.05, 0) is 39.7 Å². The van der Waals surface area contributed by atoms with Crippen LogP contribution in [0.3, 0.4) is 0 Å². The normalized spacial score (nSPS) is 38.9. The average Bonchev–Trinajstić information content (AvgIpc) is 2.85. The molecule has 0 aromatic carbocycles. The maximum atomic E-state index is 11.9. The summed E-state index contributed by atoms with van der Waals surface area (Å²) in [5.41, 5.74) is -0.134. The second-order valence-corrected chi connectivity index (χ2v) is 5.26. The van der Waals surface area contributed by atoms with Gasteiger partial charge in [-0.3, -0.25) is 4.79 Å². The highest BCUT2D eigenvalue weighted by atomic mass is 16.5. The van der Waals surface area contributed by atoms with Crippen LogP contribution in [0.2, 0.25) is 0 Å². The van der Waals surface area contributed by atoms with Gasteiger partial charge < -0.3 is 15.4 Å². The summed E-state index contributed by atoms with van der Waals surface area (Å²) in [5, 5.41) is 6.33. The molecule has 2 heterocycles. The van der Waals surface area contributed by atoms with Crippen molar-refractivity contribution in [2.24, 2.45) is 5.92 Å². The van der Waals surface area contributed by atoms with Gasteiger partial charge in [-0.1, -0.05) is 0 Å². The molecular formula is C12H22N2O2. The molecular weight excluding hydrogens is 204 g/mol. The molecule has 2 aliphatic rings. The number of nitrogens with one attached hydrogen (secondary N) is 2. The van der Waals surface area contributed by atoms with Gasteiger partial charge in [0.25, 0.3) is 0 Å². The lowest BCUT2D eigenvalue weighted by Gasteiger charge is -2.25. The highest BCUT2D eigenvalue weighted by Crippen LogP contribution is 2.24. The predicted octanol–water partition coefficient (Wildman–Crippen LogP) is 0.670. The molecule has 0 aromatic heterocycles. The fraction of sp³-hybridized carbons (Fsp3) is 0.917. The van der Waals surface area contributed by atoms with Crippen molar-refractivity contribution in [3.05, 3.63) is 0 Å². The molecule has 0 radical (unpaired) electrons. The van der Waals surface area contributed by atoms with Gasteiger partial charge in [-0.2, -0.15) is 0 Å². The highest BCUT2D eigenvalue weighted by Gasteiger charge is 2.33. The zero-order valence-electron chi connectivity index (χ0n) is 10.2. The predicted molar refractivity (Wildman–Crippen MR) is 62.2 cm³/mol. The quantitative estimate of drug-likeness (QED) is 0.743. The summed E-state index contributed by atoms with van der Waals surface area (Å²) < 4.78 is 5.65. The van der Waals surface area contributed by atoms with E-state index in [9.17, 15) is 4.79 Å². The van der Waals surface area contributed by atoms with Crippen LogP contribution >= 0.6 is 0 Å². The first-order valence-electron chi connectivity index (χ1n) is 6.26. The Labute approximate surface area is 97.1 Å². The minimum Gasteiger partial charge on any atom is -0.373 e. The Bertz CT molecular complexity index is 262. The molecule has 0 saturated carbocycles. The van der Waals surface area contributed by atoms with Gasteiger partial charge >= 0.3 is 0 Å². The summed E-state index contributed by atoms with van der Waals surface area (Å²) in [7, 11) is 0. The zero-order valence-corrected chi connectivity index (χ0v) is 10.2. The Morgan fingerprint density at radius 3 is 3.00 bits per heavy atom. The molecule has 3 atom stereocenters. The summed E-state index contributed by atoms with van der Waals surface area (Å²) in [4.78, 5) is 11.9. The van der Waals surface area contributed by atoms with Crippen LogP contribution in [0.4, 0.5) is 0 Å². The minimum absolute atomic E-state index is 0.130. The Morgan fingerprint density at radius 1 is 1.62 bits per heavy atom. The fourth-order valence-electron chi connectivity index (χ4n) is 2.60. The summed E-state index contributed by atoms with van der Waals surface area (Å²) in [6.07, 6.45) is 3.10. The van der Waals surface area contributed by atoms with Crippen molar-refractivity contribution < 1.29 is 9.53 Å². The van der Waals surface area contributed by atoms with Crippen LogP contribution in [-0.2, 0) is 9.53 Å². The van der Waals surface area contributed by atoms with Crippen molar-refractivity contribution in [1.29, 1.82) is 0 Å². The first-order chi connectivity index (χ1) is 7.61. The Balaban J connectivity index is 1.79. The van der Waals surface area contributed by atoms with Crippen LogP contribution in [0.15, 0.2) is 0 Å². The van der Waals surface area contributed by atoms with Crippen LogP contribution in [0.25, 0.3) is 0 Å². The van der Waals surface area contributed by atoms with Gasteiger partial charge in [-0.15, -0.1) is 0 Å². The Hall–Kier alpha value is -0.610. The molecule has 4 heteroatoms. The summed E-state index contributed by atoms with van der Waals surface area (Å²) in [5.74, 6) is 0.305. The number of hydrogen-bond donors (Lipinski definition) is 2. The van der Waals surface area contributed by atoms with Crippen molar-refractivity contribution in [3.8, 4) is 0 Å². The van der Waals surface area contributed by atoms with E-state index in [4.69, 9.17) is 4.74 Å². The fourth-order valence-corrected chi connectivity index (χ4v) is 2.60. The van der Waals surface area contributed by atoms with Crippen LogP contribution in [0.5, 0.6) is 0 Å². The third-order valence-corrected chi connectivity index (χ3v) is 3.80. The second kappa shape index (κ2) is 4.72. The third-order valence-electron chi connectivity index (χ3n) is 3.80. The molecule has 2 rings (SSSR count). The van der Waals surface area contributed by atoms with Crippen LogP contribution in [-0.4, -0.2) is 37.2 Å². The van der Waals surface area contributed by atoms with E-state index in [1.165, 1.54) is 0 Å². The number of amides is 1. The van der Waals surface area contributed by atoms with E-state index in [0.717, 1.165) is 32.4 Å². The van der Waals surface area contributed by atoms with Gasteiger partial charge in [0.1, 0.15) is 0 Å². The number of hydrogen-bond acceptors (Lipinski definition) is 3. The molecule has 92 valence electrons. The van der Waals surface area contributed by atoms with Crippen molar-refractivity contribution in [1.82, 2.24) is 10.6 Å². The number of carbonyl (C=O) groups excluding carboxylic acids is 1. The zero-order chi connectivity index (χ0) is 11.6. The van der Waals surface area contributed by atoms with E-state index < -0.39 is 0 Å². The molecule has 2 aliphatic heterocycles. The second-order valence-electron chi connectivity index (χ2n) is 5.26. The lowest BCUT2D eigenvalue weighted by atomic mass is 9.99. The van der Waals surface area contributed by atoms with Gasteiger partial charge in [0.2, 0.25) is 5.91 Å². The average molecular weight is 226 g/mol. The Morgan fingerprint density at radius 2 is 2.44 bits per heavy atom. The van der Waals surface area contributed by atoms with E-state index in [1.807, 2.05) is 0 Å². The van der Waals surface area contributed by atoms with Crippen LogP contribution in [0, 0.1) is 5.92 Å². The van der Waals surface area contributed by atoms with E-state index in [0.29, 0.717) is 12.6 Å². The number of rotatable bonds is 3. The molecule has 3 unspecified atom stereocenters. The van der Waals surface area contributed by atoms with E-state index in [-0.39, 0.29) is 17.4 Å². The summed E-state index contributed by atoms with van der Waals surface area (Å²) >= 11 is 0. The van der Waals surface area contributed by atoms with Crippen molar-refractivity contribution in [2.75, 3.05) is 19.7 Å². The topological polar surface area (TPSA) is 50.4 Å². The molecule has 2 fully saturated rings. The molecule has 0 bridgehead atoms. The smallest absolute Gasteiger partial charge is 0.224 e. The Kier molecular flexibility index (Phi) is 3.50. The molecule has 1 amide bonds. The van der Waals surface area contributed by atoms with Gasteiger partial charge in [-0.25, -0.2) is 0 Å². The van der Waals surface area contributed by atoms with Crippen molar-refractivity contribution in [2.45, 2.75) is 44.8 Å². The largest absolute Gasteiger partial charge is 0.373 e. The lowest BCUT2D eigenvalue weighted by molar-refractivity contribution is -0.126. The van der Waals surface area contributed by atoms with Crippen LogP contribution in [0.1, 0.15) is 33.1 Å². The standard InChI is InChI=1S/C12H22N2O2/c1-9-10(4-6-13-9)11(15)14-8-12(2)5-3-7-16-12/h9-10,13H,3-8H2,1-2H3,(H,14,15). The maximum absolute atomic E-state index is 11.9. The molecule has 0 spiro atoms. The van der Waals surface area contributed by atoms with E-state index in [2.05, 4.69) is 24.5 Å². The molecule has 0 aromatic rings. The van der Waals surface area contributed by atoms with Gasteiger partial charge in [0, 0.05) is 19.2 Å². The van der Waals surface area contributed by atoms with Crippen molar-refractivity contribution in [3.63, 3.8) is 0 Å².